The van der Waals surface area contributed by atoms with Crippen molar-refractivity contribution in [2.24, 2.45) is 0 Å². The van der Waals surface area contributed by atoms with Crippen LogP contribution in [0.2, 0.25) is 5.02 Å². The second-order valence-corrected chi connectivity index (χ2v) is 5.38. The van der Waals surface area contributed by atoms with Crippen LogP contribution in [0.25, 0.3) is 0 Å². The lowest BCUT2D eigenvalue weighted by molar-refractivity contribution is 0.474. The molecular formula is C16H17ClFNO. The van der Waals surface area contributed by atoms with Crippen molar-refractivity contribution >= 4 is 17.3 Å². The van der Waals surface area contributed by atoms with Gasteiger partial charge in [-0.3, -0.25) is 0 Å². The van der Waals surface area contributed by atoms with E-state index in [4.69, 9.17) is 11.6 Å². The lowest BCUT2D eigenvalue weighted by Gasteiger charge is -2.29. The fourth-order valence-electron chi connectivity index (χ4n) is 2.07. The van der Waals surface area contributed by atoms with Crippen molar-refractivity contribution in [3.8, 4) is 5.75 Å². The molecule has 0 aliphatic rings. The van der Waals surface area contributed by atoms with Gasteiger partial charge in [0.05, 0.1) is 0 Å². The third-order valence-corrected chi connectivity index (χ3v) is 3.52. The minimum absolute atomic E-state index is 0.187. The molecule has 0 atom stereocenters. The second-order valence-electron chi connectivity index (χ2n) is 4.97. The minimum atomic E-state index is -0.257. The molecule has 0 heterocycles. The number of benzene rings is 2. The van der Waals surface area contributed by atoms with E-state index in [1.165, 1.54) is 12.1 Å². The molecular weight excluding hydrogens is 277 g/mol. The Kier molecular flexibility index (Phi) is 4.50. The number of phenols is 1. The van der Waals surface area contributed by atoms with E-state index < -0.39 is 0 Å². The maximum absolute atomic E-state index is 13.0. The van der Waals surface area contributed by atoms with Gasteiger partial charge in [0.1, 0.15) is 11.6 Å². The molecule has 106 valence electrons. The molecule has 2 aromatic carbocycles. The molecule has 1 N–H and O–H groups in total. The monoisotopic (exact) mass is 293 g/mol. The van der Waals surface area contributed by atoms with Gasteiger partial charge in [-0.1, -0.05) is 11.6 Å². The lowest BCUT2D eigenvalue weighted by Crippen LogP contribution is -2.30. The van der Waals surface area contributed by atoms with Crippen molar-refractivity contribution in [2.45, 2.75) is 26.4 Å². The summed E-state index contributed by atoms with van der Waals surface area (Å²) in [6, 6.07) is 11.5. The Morgan fingerprint density at radius 2 is 1.80 bits per heavy atom. The van der Waals surface area contributed by atoms with Gasteiger partial charge in [-0.25, -0.2) is 4.39 Å². The number of halogens is 2. The van der Waals surface area contributed by atoms with Crippen LogP contribution in [-0.2, 0) is 6.54 Å². The normalized spacial score (nSPS) is 10.8. The van der Waals surface area contributed by atoms with Crippen molar-refractivity contribution < 1.29 is 9.50 Å². The van der Waals surface area contributed by atoms with Crippen molar-refractivity contribution in [3.63, 3.8) is 0 Å². The van der Waals surface area contributed by atoms with Gasteiger partial charge in [0.25, 0.3) is 0 Å². The Bertz CT molecular complexity index is 584. The van der Waals surface area contributed by atoms with Crippen LogP contribution < -0.4 is 4.90 Å². The van der Waals surface area contributed by atoms with Crippen LogP contribution in [0, 0.1) is 5.82 Å². The van der Waals surface area contributed by atoms with E-state index >= 15 is 0 Å². The third-order valence-electron chi connectivity index (χ3n) is 3.15. The molecule has 0 aromatic heterocycles. The first-order valence-electron chi connectivity index (χ1n) is 6.47. The molecule has 0 aliphatic carbocycles. The molecule has 0 aliphatic heterocycles. The molecule has 0 fully saturated rings. The van der Waals surface area contributed by atoms with Gasteiger partial charge in [-0.15, -0.1) is 0 Å². The Morgan fingerprint density at radius 3 is 2.40 bits per heavy atom. The molecule has 0 amide bonds. The standard InChI is InChI=1S/C16H17ClFNO/c1-11(2)19(14-5-3-13(18)4-6-14)10-12-9-15(20)7-8-16(12)17/h3-9,11,20H,10H2,1-2H3. The third kappa shape index (κ3) is 3.42. The Balaban J connectivity index is 2.30. The summed E-state index contributed by atoms with van der Waals surface area (Å²) in [6.07, 6.45) is 0. The van der Waals surface area contributed by atoms with Gasteiger partial charge in [0, 0.05) is 23.3 Å². The van der Waals surface area contributed by atoms with Crippen LogP contribution in [0.3, 0.4) is 0 Å². The molecule has 0 radical (unpaired) electrons. The summed E-state index contributed by atoms with van der Waals surface area (Å²) in [5, 5.41) is 10.2. The van der Waals surface area contributed by atoms with Crippen LogP contribution in [0.5, 0.6) is 5.75 Å². The zero-order chi connectivity index (χ0) is 14.7. The van der Waals surface area contributed by atoms with E-state index in [1.807, 2.05) is 0 Å². The maximum atomic E-state index is 13.0. The first kappa shape index (κ1) is 14.7. The highest BCUT2D eigenvalue weighted by Crippen LogP contribution is 2.26. The molecule has 0 saturated heterocycles. The predicted molar refractivity (Wildman–Crippen MR) is 80.8 cm³/mol. The van der Waals surface area contributed by atoms with Crippen LogP contribution in [-0.4, -0.2) is 11.1 Å². The highest BCUT2D eigenvalue weighted by atomic mass is 35.5. The molecule has 0 unspecified atom stereocenters. The molecule has 0 saturated carbocycles. The Labute approximate surface area is 123 Å². The summed E-state index contributed by atoms with van der Waals surface area (Å²) in [4.78, 5) is 2.10. The highest BCUT2D eigenvalue weighted by molar-refractivity contribution is 6.31. The van der Waals surface area contributed by atoms with Gasteiger partial charge in [-0.05, 0) is 61.9 Å². The smallest absolute Gasteiger partial charge is 0.123 e. The SMILES string of the molecule is CC(C)N(Cc1cc(O)ccc1Cl)c1ccc(F)cc1. The van der Waals surface area contributed by atoms with E-state index in [1.54, 1.807) is 30.3 Å². The average molecular weight is 294 g/mol. The summed E-state index contributed by atoms with van der Waals surface area (Å²) >= 11 is 6.16. The molecule has 2 rings (SSSR count). The zero-order valence-electron chi connectivity index (χ0n) is 11.5. The van der Waals surface area contributed by atoms with Gasteiger partial charge in [0.2, 0.25) is 0 Å². The first-order chi connectivity index (χ1) is 9.47. The number of phenolic OH excluding ortho intramolecular Hbond substituents is 1. The predicted octanol–water partition coefficient (Wildman–Crippen LogP) is 4.60. The minimum Gasteiger partial charge on any atom is -0.508 e. The summed E-state index contributed by atoms with van der Waals surface area (Å²) in [5.74, 6) is -0.0694. The Morgan fingerprint density at radius 1 is 1.15 bits per heavy atom. The van der Waals surface area contributed by atoms with Crippen molar-refractivity contribution in [1.82, 2.24) is 0 Å². The molecule has 4 heteroatoms. The molecule has 0 spiro atoms. The quantitative estimate of drug-likeness (QED) is 0.890. The summed E-state index contributed by atoms with van der Waals surface area (Å²) in [7, 11) is 0. The van der Waals surface area contributed by atoms with Gasteiger partial charge in [0.15, 0.2) is 0 Å². The highest BCUT2D eigenvalue weighted by Gasteiger charge is 2.13. The lowest BCUT2D eigenvalue weighted by atomic mass is 10.1. The van der Waals surface area contributed by atoms with Crippen LogP contribution in [0.4, 0.5) is 10.1 Å². The number of nitrogens with zero attached hydrogens (tertiary/aromatic N) is 1. The molecule has 20 heavy (non-hydrogen) atoms. The van der Waals surface area contributed by atoms with Gasteiger partial charge >= 0.3 is 0 Å². The first-order valence-corrected chi connectivity index (χ1v) is 6.85. The maximum Gasteiger partial charge on any atom is 0.123 e. The fraction of sp³-hybridized carbons (Fsp3) is 0.250. The van der Waals surface area contributed by atoms with E-state index in [2.05, 4.69) is 18.7 Å². The average Bonchev–Trinajstić information content (AvgIpc) is 2.40. The van der Waals surface area contributed by atoms with Crippen molar-refractivity contribution in [2.75, 3.05) is 4.90 Å². The number of hydrogen-bond donors (Lipinski definition) is 1. The van der Waals surface area contributed by atoms with E-state index in [0.717, 1.165) is 11.3 Å². The van der Waals surface area contributed by atoms with Gasteiger partial charge in [-0.2, -0.15) is 0 Å². The molecule has 0 bridgehead atoms. The number of hydrogen-bond acceptors (Lipinski definition) is 2. The number of rotatable bonds is 4. The van der Waals surface area contributed by atoms with Crippen LogP contribution in [0.15, 0.2) is 42.5 Å². The number of aromatic hydroxyl groups is 1. The van der Waals surface area contributed by atoms with E-state index in [9.17, 15) is 9.50 Å². The molecule has 2 nitrogen and oxygen atoms in total. The topological polar surface area (TPSA) is 23.5 Å². The Hall–Kier alpha value is -1.74. The van der Waals surface area contributed by atoms with Crippen molar-refractivity contribution in [1.29, 1.82) is 0 Å². The summed E-state index contributed by atoms with van der Waals surface area (Å²) in [5.41, 5.74) is 1.76. The van der Waals surface area contributed by atoms with Crippen molar-refractivity contribution in [3.05, 3.63) is 58.9 Å². The molecule has 2 aromatic rings. The fourth-order valence-corrected chi connectivity index (χ4v) is 2.25. The zero-order valence-corrected chi connectivity index (χ0v) is 12.2. The number of anilines is 1. The summed E-state index contributed by atoms with van der Waals surface area (Å²) in [6.45, 7) is 4.66. The largest absolute Gasteiger partial charge is 0.508 e. The van der Waals surface area contributed by atoms with E-state index in [-0.39, 0.29) is 17.6 Å². The van der Waals surface area contributed by atoms with Crippen LogP contribution in [0.1, 0.15) is 19.4 Å². The second kappa shape index (κ2) is 6.14. The summed E-state index contributed by atoms with van der Waals surface area (Å²) < 4.78 is 13.0. The van der Waals surface area contributed by atoms with Crippen LogP contribution >= 0.6 is 11.6 Å². The van der Waals surface area contributed by atoms with Gasteiger partial charge < -0.3 is 10.0 Å². The van der Waals surface area contributed by atoms with E-state index in [0.29, 0.717) is 11.6 Å².